The van der Waals surface area contributed by atoms with Gasteiger partial charge in [-0.1, -0.05) is 43.5 Å². The number of rotatable bonds is 7. The second-order valence-corrected chi connectivity index (χ2v) is 11.6. The van der Waals surface area contributed by atoms with Crippen molar-refractivity contribution in [3.05, 3.63) is 35.4 Å². The number of hydrogen-bond donors (Lipinski definition) is 3. The molecule has 9 heteroatoms. The highest BCUT2D eigenvalue weighted by Gasteiger charge is 2.46. The van der Waals surface area contributed by atoms with Crippen LogP contribution in [0.5, 0.6) is 0 Å². The van der Waals surface area contributed by atoms with Gasteiger partial charge in [0, 0.05) is 25.6 Å². The molecule has 2 aliphatic carbocycles. The largest absolute Gasteiger partial charge is 0.344 e. The third-order valence-electron chi connectivity index (χ3n) is 9.25. The summed E-state index contributed by atoms with van der Waals surface area (Å²) in [6.07, 6.45) is 6.07. The first kappa shape index (κ1) is 27.1. The molecule has 0 spiro atoms. The maximum atomic E-state index is 15.0. The average Bonchev–Trinajstić information content (AvgIpc) is 3.53. The quantitative estimate of drug-likeness (QED) is 0.505. The van der Waals surface area contributed by atoms with Crippen molar-refractivity contribution in [3.8, 4) is 0 Å². The summed E-state index contributed by atoms with van der Waals surface area (Å²) in [6, 6.07) is 5.22. The van der Waals surface area contributed by atoms with Crippen LogP contribution in [0.1, 0.15) is 69.0 Å². The fourth-order valence-corrected chi connectivity index (χ4v) is 6.89. The van der Waals surface area contributed by atoms with Crippen LogP contribution in [0.3, 0.4) is 0 Å². The second-order valence-electron chi connectivity index (χ2n) is 11.6. The number of piperazine rings is 1. The minimum atomic E-state index is -1.19. The number of alkyl halides is 1. The normalized spacial score (nSPS) is 29.3. The molecule has 208 valence electrons. The maximum absolute atomic E-state index is 15.0. The van der Waals surface area contributed by atoms with Crippen molar-refractivity contribution < 1.29 is 18.8 Å². The van der Waals surface area contributed by atoms with E-state index in [1.54, 1.807) is 18.9 Å². The van der Waals surface area contributed by atoms with Crippen molar-refractivity contribution in [1.29, 1.82) is 0 Å². The van der Waals surface area contributed by atoms with Crippen LogP contribution >= 0.6 is 0 Å². The van der Waals surface area contributed by atoms with E-state index in [0.717, 1.165) is 62.6 Å². The van der Waals surface area contributed by atoms with E-state index in [9.17, 15) is 14.4 Å². The lowest BCUT2D eigenvalue weighted by atomic mass is 9.82. The molecule has 1 unspecified atom stereocenters. The second kappa shape index (κ2) is 11.7. The summed E-state index contributed by atoms with van der Waals surface area (Å²) in [6.45, 7) is 3.57. The van der Waals surface area contributed by atoms with Crippen LogP contribution in [0.4, 0.5) is 4.39 Å². The van der Waals surface area contributed by atoms with Crippen LogP contribution in [-0.4, -0.2) is 84.5 Å². The van der Waals surface area contributed by atoms with Gasteiger partial charge in [0.1, 0.15) is 18.3 Å². The number of fused-ring (bicyclic) bond motifs is 2. The van der Waals surface area contributed by atoms with Gasteiger partial charge in [0.2, 0.25) is 17.7 Å². The Morgan fingerprint density at radius 1 is 1.03 bits per heavy atom. The Balaban J connectivity index is 1.39. The highest BCUT2D eigenvalue weighted by Crippen LogP contribution is 2.35. The van der Waals surface area contributed by atoms with Gasteiger partial charge in [0.25, 0.3) is 0 Å². The summed E-state index contributed by atoms with van der Waals surface area (Å²) in [5.74, 6) is -0.652. The van der Waals surface area contributed by atoms with Gasteiger partial charge in [-0.25, -0.2) is 4.39 Å². The first-order valence-corrected chi connectivity index (χ1v) is 14.4. The molecular formula is C29H42FN5O3. The van der Waals surface area contributed by atoms with Crippen molar-refractivity contribution in [3.63, 3.8) is 0 Å². The van der Waals surface area contributed by atoms with Gasteiger partial charge < -0.3 is 20.9 Å². The van der Waals surface area contributed by atoms with Crippen molar-refractivity contribution >= 4 is 17.7 Å². The summed E-state index contributed by atoms with van der Waals surface area (Å²) < 4.78 is 15.0. The molecule has 1 aromatic carbocycles. The lowest BCUT2D eigenvalue weighted by Crippen LogP contribution is -2.66. The van der Waals surface area contributed by atoms with Crippen LogP contribution in [0.2, 0.25) is 0 Å². The molecule has 3 amide bonds. The third-order valence-corrected chi connectivity index (χ3v) is 9.25. The van der Waals surface area contributed by atoms with Crippen molar-refractivity contribution in [2.24, 2.45) is 5.92 Å². The number of amides is 3. The van der Waals surface area contributed by atoms with E-state index in [1.807, 2.05) is 24.3 Å². The first-order valence-electron chi connectivity index (χ1n) is 14.4. The zero-order valence-corrected chi connectivity index (χ0v) is 22.6. The Morgan fingerprint density at radius 2 is 1.79 bits per heavy atom. The molecule has 2 saturated heterocycles. The minimum absolute atomic E-state index is 0.0477. The van der Waals surface area contributed by atoms with Crippen LogP contribution in [0.15, 0.2) is 24.3 Å². The van der Waals surface area contributed by atoms with Crippen LogP contribution in [-0.2, 0) is 20.8 Å². The highest BCUT2D eigenvalue weighted by atomic mass is 19.1. The van der Waals surface area contributed by atoms with E-state index in [4.69, 9.17) is 0 Å². The molecule has 4 aliphatic rings. The molecule has 3 fully saturated rings. The van der Waals surface area contributed by atoms with E-state index < -0.39 is 30.3 Å². The molecule has 38 heavy (non-hydrogen) atoms. The summed E-state index contributed by atoms with van der Waals surface area (Å²) in [4.78, 5) is 45.0. The molecule has 8 nitrogen and oxygen atoms in total. The van der Waals surface area contributed by atoms with Crippen LogP contribution in [0.25, 0.3) is 0 Å². The Hall–Kier alpha value is -2.52. The molecule has 5 rings (SSSR count). The molecule has 0 aromatic heterocycles. The zero-order valence-electron chi connectivity index (χ0n) is 22.6. The van der Waals surface area contributed by atoms with Gasteiger partial charge in [-0.05, 0) is 63.2 Å². The van der Waals surface area contributed by atoms with Crippen LogP contribution < -0.4 is 16.0 Å². The Kier molecular flexibility index (Phi) is 8.33. The highest BCUT2D eigenvalue weighted by molar-refractivity contribution is 5.93. The smallest absolute Gasteiger partial charge is 0.246 e. The molecule has 0 bridgehead atoms. The average molecular weight is 528 g/mol. The van der Waals surface area contributed by atoms with Crippen LogP contribution in [0, 0.1) is 5.92 Å². The number of carbonyl (C=O) groups is 3. The monoisotopic (exact) mass is 527 g/mol. The zero-order chi connectivity index (χ0) is 26.8. The molecule has 2 heterocycles. The molecule has 1 aromatic rings. The van der Waals surface area contributed by atoms with Gasteiger partial charge in [0.05, 0.1) is 12.1 Å². The predicted molar refractivity (Wildman–Crippen MR) is 143 cm³/mol. The number of carbonyl (C=O) groups excluding carboxylic acids is 3. The number of nitrogens with one attached hydrogen (secondary N) is 3. The fourth-order valence-electron chi connectivity index (χ4n) is 6.89. The van der Waals surface area contributed by atoms with Gasteiger partial charge in [-0.3, -0.25) is 19.3 Å². The topological polar surface area (TPSA) is 93.8 Å². The summed E-state index contributed by atoms with van der Waals surface area (Å²) in [7, 11) is 1.72. The number of halogens is 1. The molecule has 6 atom stereocenters. The van der Waals surface area contributed by atoms with Crippen molar-refractivity contribution in [1.82, 2.24) is 25.8 Å². The first-order chi connectivity index (χ1) is 18.4. The molecule has 0 radical (unpaired) electrons. The summed E-state index contributed by atoms with van der Waals surface area (Å²) >= 11 is 0. The minimum Gasteiger partial charge on any atom is -0.344 e. The van der Waals surface area contributed by atoms with Gasteiger partial charge in [-0.2, -0.15) is 0 Å². The lowest BCUT2D eigenvalue weighted by Gasteiger charge is -2.45. The van der Waals surface area contributed by atoms with Gasteiger partial charge in [0.15, 0.2) is 0 Å². The molecule has 1 saturated carbocycles. The van der Waals surface area contributed by atoms with Crippen molar-refractivity contribution in [2.45, 2.75) is 94.7 Å². The summed E-state index contributed by atoms with van der Waals surface area (Å²) in [5, 5.41) is 8.98. The van der Waals surface area contributed by atoms with Gasteiger partial charge in [-0.15, -0.1) is 0 Å². The van der Waals surface area contributed by atoms with E-state index in [-0.39, 0.29) is 36.1 Å². The van der Waals surface area contributed by atoms with E-state index in [0.29, 0.717) is 13.1 Å². The summed E-state index contributed by atoms with van der Waals surface area (Å²) in [5.41, 5.74) is 1.73. The van der Waals surface area contributed by atoms with E-state index in [1.165, 1.54) is 0 Å². The Bertz CT molecular complexity index is 1030. The number of hydrogen-bond acceptors (Lipinski definition) is 5. The standard InChI is InChI=1S/C29H42FN5O3/c1-18(31-2)27(36)32-25(19-9-4-3-5-10-19)29(38)35-16-21-12-8-14-34(21)17-24(35)28(37)33-26-22-13-7-6-11-20(22)15-23(26)30/h6-7,11,13,18-19,21,23-26,31H,3-5,8-10,12,14-17H2,1-2H3,(H,32,36)(H,33,37)/t18-,21+,23?,24-,25-,26-/m0/s1. The number of nitrogens with zero attached hydrogens (tertiary/aromatic N) is 2. The Labute approximate surface area is 225 Å². The van der Waals surface area contributed by atoms with E-state index in [2.05, 4.69) is 20.9 Å². The lowest BCUT2D eigenvalue weighted by molar-refractivity contribution is -0.149. The number of benzene rings is 1. The van der Waals surface area contributed by atoms with Gasteiger partial charge >= 0.3 is 0 Å². The molecule has 3 N–H and O–H groups in total. The maximum Gasteiger partial charge on any atom is 0.246 e. The molecular weight excluding hydrogens is 485 g/mol. The van der Waals surface area contributed by atoms with E-state index >= 15 is 4.39 Å². The molecule has 2 aliphatic heterocycles. The number of likely N-dealkylation sites (N-methyl/N-ethyl adjacent to an activating group) is 1. The van der Waals surface area contributed by atoms with Crippen molar-refractivity contribution in [2.75, 3.05) is 26.7 Å². The third kappa shape index (κ3) is 5.45. The SMILES string of the molecule is CN[C@@H](C)C(=O)N[C@H](C(=O)N1C[C@H]2CCCN2C[C@H]1C(=O)N[C@H]1c2ccccc2CC1F)C1CCCCC1. The predicted octanol–water partition coefficient (Wildman–Crippen LogP) is 2.09. The fraction of sp³-hybridized carbons (Fsp3) is 0.690. The Morgan fingerprint density at radius 3 is 2.55 bits per heavy atom.